The lowest BCUT2D eigenvalue weighted by molar-refractivity contribution is 0.161. The van der Waals surface area contributed by atoms with Gasteiger partial charge in [0.2, 0.25) is 0 Å². The number of hydroxylamine groups is 1. The van der Waals surface area contributed by atoms with Gasteiger partial charge in [-0.25, -0.2) is 5.48 Å². The Kier molecular flexibility index (Phi) is 1.66. The van der Waals surface area contributed by atoms with Crippen LogP contribution in [0.4, 0.5) is 0 Å². The highest BCUT2D eigenvalue weighted by Crippen LogP contribution is 1.92. The molecule has 0 amide bonds. The number of hydrogen-bond acceptors (Lipinski definition) is 2. The van der Waals surface area contributed by atoms with Gasteiger partial charge in [-0.1, -0.05) is 0 Å². The molecule has 0 atom stereocenters. The molecule has 0 aliphatic carbocycles. The molecule has 0 saturated heterocycles. The molecule has 1 aromatic rings. The Morgan fingerprint density at radius 3 is 3.12 bits per heavy atom. The summed E-state index contributed by atoms with van der Waals surface area (Å²) in [6.45, 7) is 0.503. The maximum Gasteiger partial charge on any atom is 0.0473 e. The fourth-order valence-corrected chi connectivity index (χ4v) is 0.560. The lowest BCUT2D eigenvalue weighted by Crippen LogP contribution is -2.04. The van der Waals surface area contributed by atoms with Crippen LogP contribution in [0.15, 0.2) is 18.5 Å². The van der Waals surface area contributed by atoms with Crippen LogP contribution in [0.3, 0.4) is 0 Å². The molecule has 1 aromatic heterocycles. The Labute approximate surface area is 47.3 Å². The Balaban J connectivity index is 2.50. The van der Waals surface area contributed by atoms with Gasteiger partial charge in [0, 0.05) is 18.9 Å². The van der Waals surface area contributed by atoms with E-state index in [1.54, 1.807) is 0 Å². The van der Waals surface area contributed by atoms with Gasteiger partial charge < -0.3 is 10.2 Å². The summed E-state index contributed by atoms with van der Waals surface area (Å²) in [6, 6.07) is 1.89. The lowest BCUT2D eigenvalue weighted by Gasteiger charge is -1.88. The molecule has 0 bridgehead atoms. The van der Waals surface area contributed by atoms with Crippen LogP contribution >= 0.6 is 0 Å². The van der Waals surface area contributed by atoms with Gasteiger partial charge in [0.05, 0.1) is 0 Å². The fourth-order valence-electron chi connectivity index (χ4n) is 0.560. The minimum Gasteiger partial charge on any atom is -0.367 e. The first kappa shape index (κ1) is 5.34. The molecule has 0 aliphatic rings. The zero-order chi connectivity index (χ0) is 5.82. The van der Waals surface area contributed by atoms with E-state index >= 15 is 0 Å². The summed E-state index contributed by atoms with van der Waals surface area (Å²) in [7, 11) is 0. The van der Waals surface area contributed by atoms with E-state index in [1.165, 1.54) is 0 Å². The molecule has 1 rings (SSSR count). The van der Waals surface area contributed by atoms with Gasteiger partial charge >= 0.3 is 0 Å². The normalized spacial score (nSPS) is 9.62. The minimum absolute atomic E-state index is 0.503. The van der Waals surface area contributed by atoms with Crippen LogP contribution in [-0.2, 0) is 6.54 Å². The first-order valence-electron chi connectivity index (χ1n) is 2.42. The molecule has 0 fully saturated rings. The van der Waals surface area contributed by atoms with E-state index in [4.69, 9.17) is 5.21 Å². The molecule has 44 valence electrons. The van der Waals surface area contributed by atoms with Crippen molar-refractivity contribution in [1.82, 2.24) is 10.5 Å². The van der Waals surface area contributed by atoms with Gasteiger partial charge in [0.15, 0.2) is 0 Å². The number of nitrogens with one attached hydrogen (secondary N) is 2. The number of aromatic amines is 1. The van der Waals surface area contributed by atoms with E-state index in [-0.39, 0.29) is 0 Å². The molecule has 3 N–H and O–H groups in total. The summed E-state index contributed by atoms with van der Waals surface area (Å²) in [5, 5.41) is 8.17. The predicted octanol–water partition coefficient (Wildman–Crippen LogP) is 0.494. The van der Waals surface area contributed by atoms with Crippen molar-refractivity contribution in [3.8, 4) is 0 Å². The molecule has 0 spiro atoms. The number of H-pyrrole nitrogens is 1. The van der Waals surface area contributed by atoms with Gasteiger partial charge in [-0.2, -0.15) is 0 Å². The SMILES string of the molecule is ONCc1cc[nH]c1. The summed E-state index contributed by atoms with van der Waals surface area (Å²) < 4.78 is 0. The topological polar surface area (TPSA) is 48.0 Å². The first-order valence-corrected chi connectivity index (χ1v) is 2.42. The highest BCUT2D eigenvalue weighted by molar-refractivity contribution is 5.06. The molecule has 0 saturated carbocycles. The van der Waals surface area contributed by atoms with Crippen molar-refractivity contribution in [1.29, 1.82) is 0 Å². The van der Waals surface area contributed by atoms with E-state index in [0.29, 0.717) is 6.54 Å². The number of hydrogen-bond donors (Lipinski definition) is 3. The third-order valence-electron chi connectivity index (χ3n) is 0.946. The van der Waals surface area contributed by atoms with Gasteiger partial charge in [-0.15, -0.1) is 0 Å². The summed E-state index contributed by atoms with van der Waals surface area (Å²) in [5.41, 5.74) is 3.10. The molecule has 8 heavy (non-hydrogen) atoms. The molecule has 0 radical (unpaired) electrons. The maximum absolute atomic E-state index is 8.17. The van der Waals surface area contributed by atoms with Crippen molar-refractivity contribution in [3.63, 3.8) is 0 Å². The van der Waals surface area contributed by atoms with Crippen LogP contribution in [0, 0.1) is 0 Å². The van der Waals surface area contributed by atoms with Crippen molar-refractivity contribution in [2.24, 2.45) is 0 Å². The van der Waals surface area contributed by atoms with Crippen molar-refractivity contribution in [2.75, 3.05) is 0 Å². The lowest BCUT2D eigenvalue weighted by atomic mass is 10.3. The quantitative estimate of drug-likeness (QED) is 0.488. The van der Waals surface area contributed by atoms with E-state index in [9.17, 15) is 0 Å². The van der Waals surface area contributed by atoms with Gasteiger partial charge in [-0.3, -0.25) is 0 Å². The van der Waals surface area contributed by atoms with Gasteiger partial charge in [0.1, 0.15) is 0 Å². The third kappa shape index (κ3) is 1.08. The highest BCUT2D eigenvalue weighted by atomic mass is 16.5. The van der Waals surface area contributed by atoms with Crippen molar-refractivity contribution >= 4 is 0 Å². The average Bonchev–Trinajstić information content (AvgIpc) is 2.19. The van der Waals surface area contributed by atoms with E-state index in [1.807, 2.05) is 18.5 Å². The monoisotopic (exact) mass is 112 g/mol. The first-order chi connectivity index (χ1) is 3.93. The van der Waals surface area contributed by atoms with Crippen molar-refractivity contribution in [2.45, 2.75) is 6.54 Å². The van der Waals surface area contributed by atoms with E-state index in [0.717, 1.165) is 5.56 Å². The Morgan fingerprint density at radius 2 is 2.62 bits per heavy atom. The minimum atomic E-state index is 0.503. The fraction of sp³-hybridized carbons (Fsp3) is 0.200. The Bertz CT molecular complexity index is 136. The van der Waals surface area contributed by atoms with Crippen molar-refractivity contribution < 1.29 is 5.21 Å². The predicted molar refractivity (Wildman–Crippen MR) is 29.4 cm³/mol. The summed E-state index contributed by atoms with van der Waals surface area (Å²) in [4.78, 5) is 2.86. The third-order valence-corrected chi connectivity index (χ3v) is 0.946. The maximum atomic E-state index is 8.17. The van der Waals surface area contributed by atoms with E-state index < -0.39 is 0 Å². The molecular weight excluding hydrogens is 104 g/mol. The molecule has 0 unspecified atom stereocenters. The second-order valence-corrected chi connectivity index (χ2v) is 1.55. The van der Waals surface area contributed by atoms with Gasteiger partial charge in [-0.05, 0) is 11.6 Å². The van der Waals surface area contributed by atoms with Crippen LogP contribution in [0.25, 0.3) is 0 Å². The number of rotatable bonds is 2. The molecule has 0 aliphatic heterocycles. The Hall–Kier alpha value is -0.800. The van der Waals surface area contributed by atoms with Crippen LogP contribution in [0.5, 0.6) is 0 Å². The van der Waals surface area contributed by atoms with Crippen LogP contribution in [0.2, 0.25) is 0 Å². The summed E-state index contributed by atoms with van der Waals surface area (Å²) >= 11 is 0. The second kappa shape index (κ2) is 2.49. The van der Waals surface area contributed by atoms with E-state index in [2.05, 4.69) is 10.5 Å². The number of aromatic nitrogens is 1. The molecule has 3 heteroatoms. The highest BCUT2D eigenvalue weighted by Gasteiger charge is 1.85. The smallest absolute Gasteiger partial charge is 0.0473 e. The van der Waals surface area contributed by atoms with Crippen LogP contribution in [0.1, 0.15) is 5.56 Å². The van der Waals surface area contributed by atoms with Crippen molar-refractivity contribution in [3.05, 3.63) is 24.0 Å². The van der Waals surface area contributed by atoms with Crippen LogP contribution in [-0.4, -0.2) is 10.2 Å². The standard InChI is InChI=1S/C5H8N2O/c8-7-4-5-1-2-6-3-5/h1-3,6-8H,4H2. The summed E-state index contributed by atoms with van der Waals surface area (Å²) in [6.07, 6.45) is 3.63. The summed E-state index contributed by atoms with van der Waals surface area (Å²) in [5.74, 6) is 0. The zero-order valence-corrected chi connectivity index (χ0v) is 4.39. The zero-order valence-electron chi connectivity index (χ0n) is 4.39. The second-order valence-electron chi connectivity index (χ2n) is 1.55. The molecule has 3 nitrogen and oxygen atoms in total. The molecule has 0 aromatic carbocycles. The average molecular weight is 112 g/mol. The van der Waals surface area contributed by atoms with Gasteiger partial charge in [0.25, 0.3) is 0 Å². The molecular formula is C5H8N2O. The molecule has 1 heterocycles. The largest absolute Gasteiger partial charge is 0.367 e. The van der Waals surface area contributed by atoms with Crippen LogP contribution < -0.4 is 5.48 Å². The Morgan fingerprint density at radius 1 is 1.75 bits per heavy atom.